The molecule has 1 aliphatic carbocycles. The number of carbonyl (C=O) groups excluding carboxylic acids is 3. The summed E-state index contributed by atoms with van der Waals surface area (Å²) in [4.78, 5) is 42.7. The Morgan fingerprint density at radius 2 is 2.00 bits per heavy atom. The van der Waals surface area contributed by atoms with Crippen LogP contribution in [0.5, 0.6) is 0 Å². The van der Waals surface area contributed by atoms with Gasteiger partial charge in [0, 0.05) is 13.1 Å². The molecule has 2 rings (SSSR count). The number of nitrogens with zero attached hydrogens (tertiary/aromatic N) is 1. The molecular weight excluding hydrogens is 312 g/mol. The first kappa shape index (κ1) is 18.0. The van der Waals surface area contributed by atoms with Gasteiger partial charge < -0.3 is 20.4 Å². The minimum absolute atomic E-state index is 0.0470. The first-order valence-electron chi connectivity index (χ1n) is 8.15. The Bertz CT molecular complexity index is 617. The van der Waals surface area contributed by atoms with Crippen LogP contribution in [0.2, 0.25) is 0 Å². The fourth-order valence-electron chi connectivity index (χ4n) is 2.93. The molecule has 0 unspecified atom stereocenters. The summed E-state index contributed by atoms with van der Waals surface area (Å²) in [6.07, 6.45) is 3.99. The second-order valence-electron chi connectivity index (χ2n) is 6.23. The number of ether oxygens (including phenoxy) is 1. The summed E-state index contributed by atoms with van der Waals surface area (Å²) >= 11 is 0. The van der Waals surface area contributed by atoms with E-state index in [9.17, 15) is 14.4 Å². The van der Waals surface area contributed by atoms with Crippen LogP contribution in [0.25, 0.3) is 0 Å². The van der Waals surface area contributed by atoms with Gasteiger partial charge in [-0.1, -0.05) is 0 Å². The van der Waals surface area contributed by atoms with Crippen LogP contribution in [0.15, 0.2) is 6.33 Å². The number of aromatic amines is 1. The van der Waals surface area contributed by atoms with Crippen LogP contribution in [0.4, 0.5) is 0 Å². The van der Waals surface area contributed by atoms with E-state index in [0.717, 1.165) is 0 Å². The number of imidazole rings is 1. The zero-order valence-corrected chi connectivity index (χ0v) is 14.3. The molecule has 0 bridgehead atoms. The fraction of sp³-hybridized carbons (Fsp3) is 0.625. The number of esters is 1. The number of hydrogen-bond acceptors (Lipinski definition) is 5. The predicted molar refractivity (Wildman–Crippen MR) is 86.4 cm³/mol. The minimum Gasteiger partial charge on any atom is -0.466 e. The molecule has 0 aromatic carbocycles. The molecule has 0 radical (unpaired) electrons. The maximum Gasteiger partial charge on any atom is 0.311 e. The van der Waals surface area contributed by atoms with E-state index in [-0.39, 0.29) is 29.3 Å². The molecule has 1 aromatic heterocycles. The molecule has 1 aromatic rings. The van der Waals surface area contributed by atoms with Crippen LogP contribution in [-0.2, 0) is 9.53 Å². The van der Waals surface area contributed by atoms with E-state index in [4.69, 9.17) is 4.74 Å². The molecule has 24 heavy (non-hydrogen) atoms. The molecule has 3 N–H and O–H groups in total. The smallest absolute Gasteiger partial charge is 0.311 e. The zero-order valence-electron chi connectivity index (χ0n) is 14.3. The van der Waals surface area contributed by atoms with Gasteiger partial charge in [-0.2, -0.15) is 0 Å². The Hall–Kier alpha value is -2.38. The number of amides is 2. The van der Waals surface area contributed by atoms with Crippen LogP contribution >= 0.6 is 0 Å². The summed E-state index contributed by atoms with van der Waals surface area (Å²) in [6, 6.07) is -0.0470. The lowest BCUT2D eigenvalue weighted by atomic mass is 9.74. The summed E-state index contributed by atoms with van der Waals surface area (Å²) in [5.41, 5.74) is -0.271. The molecule has 0 atom stereocenters. The molecule has 0 saturated heterocycles. The van der Waals surface area contributed by atoms with Crippen molar-refractivity contribution in [3.8, 4) is 0 Å². The van der Waals surface area contributed by atoms with E-state index in [0.29, 0.717) is 32.3 Å². The highest BCUT2D eigenvalue weighted by molar-refractivity contribution is 6.04. The third-order valence-corrected chi connectivity index (χ3v) is 4.50. The van der Waals surface area contributed by atoms with Gasteiger partial charge in [-0.05, 0) is 39.5 Å². The maximum absolute atomic E-state index is 12.3. The number of carbonyl (C=O) groups is 3. The standard InChI is InChI=1S/C16H24N4O4/c1-4-24-15(23)16(2)7-5-10(6-8-16)20-14(22)12-11(13(21)17-3)18-9-19-12/h9-10H,4-8H2,1-3H3,(H,17,21)(H,18,19)(H,20,22)/t10-,16+. The van der Waals surface area contributed by atoms with E-state index in [1.165, 1.54) is 13.4 Å². The summed E-state index contributed by atoms with van der Waals surface area (Å²) in [5, 5.41) is 5.36. The van der Waals surface area contributed by atoms with Crippen molar-refractivity contribution >= 4 is 17.8 Å². The van der Waals surface area contributed by atoms with Crippen molar-refractivity contribution in [3.63, 3.8) is 0 Å². The van der Waals surface area contributed by atoms with Crippen molar-refractivity contribution in [2.24, 2.45) is 5.41 Å². The lowest BCUT2D eigenvalue weighted by Crippen LogP contribution is -2.43. The van der Waals surface area contributed by atoms with Gasteiger partial charge in [0.25, 0.3) is 11.8 Å². The third kappa shape index (κ3) is 3.74. The number of H-pyrrole nitrogens is 1. The molecule has 1 fully saturated rings. The Morgan fingerprint density at radius 1 is 1.33 bits per heavy atom. The van der Waals surface area contributed by atoms with Crippen molar-refractivity contribution in [1.82, 2.24) is 20.6 Å². The van der Waals surface area contributed by atoms with Crippen LogP contribution in [0.1, 0.15) is 60.5 Å². The number of nitrogens with one attached hydrogen (secondary N) is 3. The van der Waals surface area contributed by atoms with Gasteiger partial charge in [-0.25, -0.2) is 4.98 Å². The van der Waals surface area contributed by atoms with Crippen molar-refractivity contribution in [3.05, 3.63) is 17.7 Å². The zero-order chi connectivity index (χ0) is 17.7. The number of aromatic nitrogens is 2. The highest BCUT2D eigenvalue weighted by Crippen LogP contribution is 2.37. The van der Waals surface area contributed by atoms with Crippen LogP contribution in [0, 0.1) is 5.41 Å². The van der Waals surface area contributed by atoms with Gasteiger partial charge >= 0.3 is 5.97 Å². The highest BCUT2D eigenvalue weighted by Gasteiger charge is 2.39. The molecule has 2 amide bonds. The van der Waals surface area contributed by atoms with Crippen LogP contribution in [0.3, 0.4) is 0 Å². The Labute approximate surface area is 140 Å². The van der Waals surface area contributed by atoms with Crippen molar-refractivity contribution in [2.45, 2.75) is 45.6 Å². The Morgan fingerprint density at radius 3 is 2.58 bits per heavy atom. The van der Waals surface area contributed by atoms with E-state index in [1.54, 1.807) is 6.92 Å². The van der Waals surface area contributed by atoms with Crippen LogP contribution < -0.4 is 10.6 Å². The Kier molecular flexibility index (Phi) is 5.58. The number of rotatable bonds is 5. The van der Waals surface area contributed by atoms with E-state index < -0.39 is 11.3 Å². The summed E-state index contributed by atoms with van der Waals surface area (Å²) in [7, 11) is 1.49. The summed E-state index contributed by atoms with van der Waals surface area (Å²) in [5.74, 6) is -0.959. The van der Waals surface area contributed by atoms with Crippen LogP contribution in [-0.4, -0.2) is 47.4 Å². The average Bonchev–Trinajstić information content (AvgIpc) is 3.06. The summed E-state index contributed by atoms with van der Waals surface area (Å²) in [6.45, 7) is 4.07. The molecule has 1 saturated carbocycles. The lowest BCUT2D eigenvalue weighted by molar-refractivity contribution is -0.156. The van der Waals surface area contributed by atoms with Crippen molar-refractivity contribution in [2.75, 3.05) is 13.7 Å². The minimum atomic E-state index is -0.489. The second kappa shape index (κ2) is 7.46. The normalized spacial score (nSPS) is 23.4. The van der Waals surface area contributed by atoms with Gasteiger partial charge in [0.05, 0.1) is 18.3 Å². The van der Waals surface area contributed by atoms with E-state index >= 15 is 0 Å². The fourth-order valence-corrected chi connectivity index (χ4v) is 2.93. The highest BCUT2D eigenvalue weighted by atomic mass is 16.5. The first-order chi connectivity index (χ1) is 11.4. The molecule has 1 heterocycles. The van der Waals surface area contributed by atoms with Crippen molar-refractivity contribution in [1.29, 1.82) is 0 Å². The quantitative estimate of drug-likeness (QED) is 0.695. The predicted octanol–water partition coefficient (Wildman–Crippen LogP) is 1.01. The molecule has 8 heteroatoms. The first-order valence-corrected chi connectivity index (χ1v) is 8.15. The second-order valence-corrected chi connectivity index (χ2v) is 6.23. The van der Waals surface area contributed by atoms with Gasteiger partial charge in [0.1, 0.15) is 5.69 Å². The molecule has 0 aliphatic heterocycles. The summed E-state index contributed by atoms with van der Waals surface area (Å²) < 4.78 is 5.13. The molecule has 8 nitrogen and oxygen atoms in total. The van der Waals surface area contributed by atoms with Gasteiger partial charge in [-0.15, -0.1) is 0 Å². The molecule has 1 aliphatic rings. The van der Waals surface area contributed by atoms with Gasteiger partial charge in [-0.3, -0.25) is 14.4 Å². The molecule has 132 valence electrons. The monoisotopic (exact) mass is 336 g/mol. The lowest BCUT2D eigenvalue weighted by Gasteiger charge is -2.35. The van der Waals surface area contributed by atoms with E-state index in [2.05, 4.69) is 20.6 Å². The van der Waals surface area contributed by atoms with Gasteiger partial charge in [0.15, 0.2) is 5.69 Å². The van der Waals surface area contributed by atoms with E-state index in [1.807, 2.05) is 6.92 Å². The number of hydrogen-bond donors (Lipinski definition) is 3. The Balaban J connectivity index is 1.95. The third-order valence-electron chi connectivity index (χ3n) is 4.50. The van der Waals surface area contributed by atoms with Gasteiger partial charge in [0.2, 0.25) is 0 Å². The molecular formula is C16H24N4O4. The SMILES string of the molecule is CCOC(=O)[C@]1(C)CC[C@H](NC(=O)c2nc[nH]c2C(=O)NC)CC1. The largest absolute Gasteiger partial charge is 0.466 e. The topological polar surface area (TPSA) is 113 Å². The average molecular weight is 336 g/mol. The maximum atomic E-state index is 12.3. The van der Waals surface area contributed by atoms with Crippen molar-refractivity contribution < 1.29 is 19.1 Å². The molecule has 0 spiro atoms.